The predicted octanol–water partition coefficient (Wildman–Crippen LogP) is 0.118. The van der Waals surface area contributed by atoms with Crippen molar-refractivity contribution in [2.24, 2.45) is 0 Å². The van der Waals surface area contributed by atoms with Crippen LogP contribution in [0, 0.1) is 0 Å². The number of nitrogens with zero attached hydrogens (tertiary/aromatic N) is 3. The molecule has 0 aliphatic carbocycles. The molecule has 7 heteroatoms. The van der Waals surface area contributed by atoms with Gasteiger partial charge in [-0.25, -0.2) is 0 Å². The van der Waals surface area contributed by atoms with Crippen LogP contribution in [0.3, 0.4) is 0 Å². The Morgan fingerprint density at radius 2 is 2.38 bits per heavy atom. The number of aromatic amines is 1. The molecule has 0 aliphatic rings. The quantitative estimate of drug-likeness (QED) is 0.584. The molecule has 2 aromatic rings. The summed E-state index contributed by atoms with van der Waals surface area (Å²) in [6, 6.07) is 0. The van der Waals surface area contributed by atoms with Crippen molar-refractivity contribution in [3.8, 4) is 0 Å². The Hall–Kier alpha value is -1.89. The summed E-state index contributed by atoms with van der Waals surface area (Å²) in [5, 5.41) is 19.6. The molecule has 1 unspecified atom stereocenters. The maximum absolute atomic E-state index is 9.14. The molecule has 1 atom stereocenters. The van der Waals surface area contributed by atoms with Gasteiger partial charge in [0.2, 0.25) is 5.95 Å². The molecule has 86 valence electrons. The molecule has 0 bridgehead atoms. The Balaban J connectivity index is 2.19. The molecule has 2 heterocycles. The van der Waals surface area contributed by atoms with E-state index in [0.717, 1.165) is 5.39 Å². The number of aromatic nitrogens is 4. The topological polar surface area (TPSA) is 113 Å². The minimum Gasteiger partial charge on any atom is -0.393 e. The lowest BCUT2D eigenvalue weighted by Gasteiger charge is -2.08. The zero-order valence-electron chi connectivity index (χ0n) is 8.94. The van der Waals surface area contributed by atoms with Crippen LogP contribution in [0.4, 0.5) is 11.8 Å². The summed E-state index contributed by atoms with van der Waals surface area (Å²) >= 11 is 0. The van der Waals surface area contributed by atoms with E-state index in [1.54, 1.807) is 13.1 Å². The maximum atomic E-state index is 9.14. The molecule has 0 amide bonds. The number of nitrogens with one attached hydrogen (secondary N) is 2. The van der Waals surface area contributed by atoms with Crippen LogP contribution in [0.2, 0.25) is 0 Å². The Bertz CT molecular complexity index is 480. The van der Waals surface area contributed by atoms with Gasteiger partial charge in [-0.15, -0.1) is 0 Å². The number of hydrogen-bond donors (Lipinski definition) is 4. The lowest BCUT2D eigenvalue weighted by molar-refractivity contribution is 0.188. The number of fused-ring (bicyclic) bond motifs is 1. The third-order valence-electron chi connectivity index (χ3n) is 2.18. The van der Waals surface area contributed by atoms with Gasteiger partial charge in [-0.3, -0.25) is 5.10 Å². The molecule has 0 aromatic carbocycles. The molecule has 0 fully saturated rings. The van der Waals surface area contributed by atoms with Crippen molar-refractivity contribution >= 4 is 22.8 Å². The minimum atomic E-state index is -0.341. The van der Waals surface area contributed by atoms with Crippen molar-refractivity contribution < 1.29 is 5.11 Å². The van der Waals surface area contributed by atoms with E-state index in [1.165, 1.54) is 0 Å². The molecule has 0 spiro atoms. The normalized spacial score (nSPS) is 12.9. The van der Waals surface area contributed by atoms with Gasteiger partial charge in [-0.2, -0.15) is 15.1 Å². The van der Waals surface area contributed by atoms with Gasteiger partial charge in [0.25, 0.3) is 0 Å². The molecule has 0 saturated heterocycles. The molecule has 16 heavy (non-hydrogen) atoms. The number of aliphatic hydroxyl groups is 1. The van der Waals surface area contributed by atoms with Crippen LogP contribution >= 0.6 is 0 Å². The third kappa shape index (κ3) is 2.19. The molecular weight excluding hydrogens is 208 g/mol. The first kappa shape index (κ1) is 10.6. The van der Waals surface area contributed by atoms with Crippen LogP contribution in [0.15, 0.2) is 6.20 Å². The van der Waals surface area contributed by atoms with E-state index in [-0.39, 0.29) is 12.1 Å². The number of nitrogen functional groups attached to an aromatic ring is 1. The lowest BCUT2D eigenvalue weighted by Crippen LogP contribution is -2.11. The zero-order valence-corrected chi connectivity index (χ0v) is 8.94. The van der Waals surface area contributed by atoms with Gasteiger partial charge in [-0.05, 0) is 13.3 Å². The Labute approximate surface area is 92.1 Å². The second kappa shape index (κ2) is 4.31. The van der Waals surface area contributed by atoms with Gasteiger partial charge in [0.05, 0.1) is 17.7 Å². The summed E-state index contributed by atoms with van der Waals surface area (Å²) in [4.78, 5) is 8.08. The fraction of sp³-hybridized carbons (Fsp3) is 0.444. The van der Waals surface area contributed by atoms with Gasteiger partial charge >= 0.3 is 0 Å². The van der Waals surface area contributed by atoms with E-state index in [2.05, 4.69) is 25.5 Å². The molecule has 0 aliphatic heterocycles. The summed E-state index contributed by atoms with van der Waals surface area (Å²) in [5.41, 5.74) is 6.16. The molecule has 7 nitrogen and oxygen atoms in total. The summed E-state index contributed by atoms with van der Waals surface area (Å²) < 4.78 is 0. The second-order valence-electron chi connectivity index (χ2n) is 3.63. The number of aliphatic hydroxyl groups excluding tert-OH is 1. The van der Waals surface area contributed by atoms with Crippen molar-refractivity contribution in [2.75, 3.05) is 17.6 Å². The van der Waals surface area contributed by atoms with Crippen LogP contribution in [-0.2, 0) is 0 Å². The maximum Gasteiger partial charge on any atom is 0.224 e. The third-order valence-corrected chi connectivity index (χ3v) is 2.18. The monoisotopic (exact) mass is 222 g/mol. The molecule has 2 aromatic heterocycles. The fourth-order valence-electron chi connectivity index (χ4n) is 1.39. The number of anilines is 2. The molecule has 2 rings (SSSR count). The van der Waals surface area contributed by atoms with E-state index in [9.17, 15) is 0 Å². The summed E-state index contributed by atoms with van der Waals surface area (Å²) in [5.74, 6) is 0.827. The van der Waals surface area contributed by atoms with Gasteiger partial charge < -0.3 is 16.2 Å². The molecule has 0 saturated carbocycles. The van der Waals surface area contributed by atoms with Crippen LogP contribution in [0.25, 0.3) is 11.0 Å². The van der Waals surface area contributed by atoms with E-state index in [1.807, 2.05) is 0 Å². The number of nitrogens with two attached hydrogens (primary N) is 1. The molecule has 0 radical (unpaired) electrons. The second-order valence-corrected chi connectivity index (χ2v) is 3.63. The van der Waals surface area contributed by atoms with Gasteiger partial charge in [0.15, 0.2) is 5.65 Å². The standard InChI is InChI=1S/C9H14N6O/c1-5(16)2-3-11-7-6-4-12-15-8(6)14-9(10)13-7/h4-5,16H,2-3H2,1H3,(H4,10,11,12,13,14,15). The molecular formula is C9H14N6O. The first-order valence-electron chi connectivity index (χ1n) is 5.05. The average molecular weight is 222 g/mol. The highest BCUT2D eigenvalue weighted by atomic mass is 16.3. The van der Waals surface area contributed by atoms with Crippen LogP contribution in [0.5, 0.6) is 0 Å². The Morgan fingerprint density at radius 3 is 3.12 bits per heavy atom. The van der Waals surface area contributed by atoms with E-state index < -0.39 is 0 Å². The summed E-state index contributed by atoms with van der Waals surface area (Å²) in [7, 11) is 0. The van der Waals surface area contributed by atoms with E-state index in [0.29, 0.717) is 24.4 Å². The van der Waals surface area contributed by atoms with Crippen LogP contribution in [0.1, 0.15) is 13.3 Å². The average Bonchev–Trinajstić information content (AvgIpc) is 2.64. The highest BCUT2D eigenvalue weighted by molar-refractivity contribution is 5.86. The first-order chi connectivity index (χ1) is 7.66. The zero-order chi connectivity index (χ0) is 11.5. The number of H-pyrrole nitrogens is 1. The highest BCUT2D eigenvalue weighted by Gasteiger charge is 2.07. The Morgan fingerprint density at radius 1 is 1.56 bits per heavy atom. The van der Waals surface area contributed by atoms with Crippen molar-refractivity contribution in [1.82, 2.24) is 20.2 Å². The Kier molecular flexibility index (Phi) is 2.86. The SMILES string of the molecule is CC(O)CCNc1nc(N)nc2[nH]ncc12. The van der Waals surface area contributed by atoms with Gasteiger partial charge in [0, 0.05) is 6.54 Å². The first-order valence-corrected chi connectivity index (χ1v) is 5.05. The lowest BCUT2D eigenvalue weighted by atomic mass is 10.3. The van der Waals surface area contributed by atoms with Gasteiger partial charge in [0.1, 0.15) is 5.82 Å². The largest absolute Gasteiger partial charge is 0.393 e. The van der Waals surface area contributed by atoms with Crippen LogP contribution in [-0.4, -0.2) is 37.9 Å². The van der Waals surface area contributed by atoms with Crippen molar-refractivity contribution in [1.29, 1.82) is 0 Å². The summed E-state index contributed by atoms with van der Waals surface area (Å²) in [6.45, 7) is 2.36. The smallest absolute Gasteiger partial charge is 0.224 e. The van der Waals surface area contributed by atoms with Crippen molar-refractivity contribution in [3.63, 3.8) is 0 Å². The van der Waals surface area contributed by atoms with Crippen molar-refractivity contribution in [2.45, 2.75) is 19.4 Å². The van der Waals surface area contributed by atoms with E-state index >= 15 is 0 Å². The number of rotatable bonds is 4. The molecule has 5 N–H and O–H groups in total. The van der Waals surface area contributed by atoms with E-state index in [4.69, 9.17) is 10.8 Å². The minimum absolute atomic E-state index is 0.191. The summed E-state index contributed by atoms with van der Waals surface area (Å²) in [6.07, 6.45) is 1.94. The fourth-order valence-corrected chi connectivity index (χ4v) is 1.39. The van der Waals surface area contributed by atoms with Crippen LogP contribution < -0.4 is 11.1 Å². The predicted molar refractivity (Wildman–Crippen MR) is 60.9 cm³/mol. The number of hydrogen-bond acceptors (Lipinski definition) is 6. The highest BCUT2D eigenvalue weighted by Crippen LogP contribution is 2.18. The van der Waals surface area contributed by atoms with Crippen molar-refractivity contribution in [3.05, 3.63) is 6.20 Å². The van der Waals surface area contributed by atoms with Gasteiger partial charge in [-0.1, -0.05) is 0 Å².